The van der Waals surface area contributed by atoms with Crippen molar-refractivity contribution in [2.24, 2.45) is 0 Å². The topological polar surface area (TPSA) is 141 Å². The van der Waals surface area contributed by atoms with Gasteiger partial charge in [-0.2, -0.15) is 10.5 Å². The lowest BCUT2D eigenvalue weighted by Gasteiger charge is -2.06. The number of phenolic OH excluding ortho intramolecular Hbond substituents is 2. The van der Waals surface area contributed by atoms with Gasteiger partial charge in [-0.1, -0.05) is 0 Å². The van der Waals surface area contributed by atoms with Crippen LogP contribution in [0, 0.1) is 22.7 Å². The zero-order chi connectivity index (χ0) is 19.7. The number of phenols is 2. The molecular formula is C18H16N2O6. The summed E-state index contributed by atoms with van der Waals surface area (Å²) in [6.07, 6.45) is 2.11. The number of ether oxygens (including phenoxy) is 2. The van der Waals surface area contributed by atoms with E-state index < -0.39 is 11.9 Å². The van der Waals surface area contributed by atoms with Crippen molar-refractivity contribution < 1.29 is 29.3 Å². The lowest BCUT2D eigenvalue weighted by atomic mass is 10.0. The fourth-order valence-electron chi connectivity index (χ4n) is 1.84. The van der Waals surface area contributed by atoms with Crippen LogP contribution in [0.3, 0.4) is 0 Å². The third-order valence-electron chi connectivity index (χ3n) is 3.01. The fourth-order valence-corrected chi connectivity index (χ4v) is 1.84. The molecule has 0 saturated heterocycles. The SMILES string of the molecule is CCOC(=O)C(C#N)=Cc1cc(O)c(C=C(C#N)C(=O)OCC)cc1O. The zero-order valence-corrected chi connectivity index (χ0v) is 14.1. The van der Waals surface area contributed by atoms with Gasteiger partial charge in [-0.25, -0.2) is 9.59 Å². The first-order valence-corrected chi connectivity index (χ1v) is 7.51. The number of rotatable bonds is 6. The van der Waals surface area contributed by atoms with E-state index in [1.54, 1.807) is 26.0 Å². The molecule has 0 spiro atoms. The van der Waals surface area contributed by atoms with E-state index in [1.807, 2.05) is 0 Å². The number of aromatic hydroxyl groups is 2. The lowest BCUT2D eigenvalue weighted by molar-refractivity contribution is -0.138. The number of benzene rings is 1. The Labute approximate surface area is 149 Å². The highest BCUT2D eigenvalue weighted by molar-refractivity contribution is 5.99. The summed E-state index contributed by atoms with van der Waals surface area (Å²) in [5, 5.41) is 38.1. The second kappa shape index (κ2) is 9.50. The van der Waals surface area contributed by atoms with E-state index in [2.05, 4.69) is 0 Å². The molecule has 0 unspecified atom stereocenters. The summed E-state index contributed by atoms with van der Waals surface area (Å²) in [5.41, 5.74) is -0.763. The minimum Gasteiger partial charge on any atom is -0.507 e. The Hall–Kier alpha value is -3.78. The van der Waals surface area contributed by atoms with E-state index in [9.17, 15) is 19.8 Å². The minimum absolute atomic E-state index is 0.0149. The van der Waals surface area contributed by atoms with Crippen LogP contribution in [0.5, 0.6) is 11.5 Å². The Balaban J connectivity index is 3.32. The fraction of sp³-hybridized carbons (Fsp3) is 0.222. The van der Waals surface area contributed by atoms with Crippen LogP contribution in [-0.4, -0.2) is 35.4 Å². The standard InChI is InChI=1S/C18H16N2O6/c1-3-25-17(23)13(9-19)5-11-7-16(22)12(8-15(11)21)6-14(10-20)18(24)26-4-2/h5-8,21-22H,3-4H2,1-2H3. The second-order valence-corrected chi connectivity index (χ2v) is 4.75. The third-order valence-corrected chi connectivity index (χ3v) is 3.01. The summed E-state index contributed by atoms with van der Waals surface area (Å²) >= 11 is 0. The van der Waals surface area contributed by atoms with Crippen LogP contribution in [0.15, 0.2) is 23.3 Å². The number of nitriles is 2. The lowest BCUT2D eigenvalue weighted by Crippen LogP contribution is -2.06. The van der Waals surface area contributed by atoms with Gasteiger partial charge in [-0.05, 0) is 38.1 Å². The Morgan fingerprint density at radius 1 is 0.923 bits per heavy atom. The maximum absolute atomic E-state index is 11.6. The quantitative estimate of drug-likeness (QED) is 0.341. The van der Waals surface area contributed by atoms with Crippen LogP contribution in [0.2, 0.25) is 0 Å². The molecule has 1 aromatic rings. The maximum Gasteiger partial charge on any atom is 0.348 e. The monoisotopic (exact) mass is 356 g/mol. The molecule has 0 atom stereocenters. The zero-order valence-electron chi connectivity index (χ0n) is 14.1. The molecule has 1 aromatic carbocycles. The van der Waals surface area contributed by atoms with E-state index in [0.29, 0.717) is 0 Å². The van der Waals surface area contributed by atoms with E-state index in [0.717, 1.165) is 24.3 Å². The molecule has 0 aromatic heterocycles. The summed E-state index contributed by atoms with van der Waals surface area (Å²) in [5.74, 6) is -2.50. The molecule has 0 aliphatic carbocycles. The normalized spacial score (nSPS) is 11.2. The van der Waals surface area contributed by atoms with Gasteiger partial charge < -0.3 is 19.7 Å². The summed E-state index contributed by atoms with van der Waals surface area (Å²) in [6, 6.07) is 5.45. The van der Waals surface area contributed by atoms with E-state index in [4.69, 9.17) is 20.0 Å². The predicted octanol–water partition coefficient (Wildman–Crippen LogP) is 2.04. The molecule has 1 rings (SSSR count). The maximum atomic E-state index is 11.6. The van der Waals surface area contributed by atoms with Crippen molar-refractivity contribution in [3.63, 3.8) is 0 Å². The van der Waals surface area contributed by atoms with Crippen molar-refractivity contribution in [1.82, 2.24) is 0 Å². The molecule has 0 bridgehead atoms. The van der Waals surface area contributed by atoms with Crippen LogP contribution in [0.1, 0.15) is 25.0 Å². The second-order valence-electron chi connectivity index (χ2n) is 4.75. The molecule has 8 nitrogen and oxygen atoms in total. The molecule has 2 N–H and O–H groups in total. The van der Waals surface area contributed by atoms with Gasteiger partial charge in [0.1, 0.15) is 34.8 Å². The number of hydrogen-bond acceptors (Lipinski definition) is 8. The molecule has 134 valence electrons. The van der Waals surface area contributed by atoms with Gasteiger partial charge in [0.15, 0.2) is 0 Å². The van der Waals surface area contributed by atoms with Crippen molar-refractivity contribution >= 4 is 24.1 Å². The van der Waals surface area contributed by atoms with E-state index in [1.165, 1.54) is 0 Å². The van der Waals surface area contributed by atoms with Crippen LogP contribution < -0.4 is 0 Å². The predicted molar refractivity (Wildman–Crippen MR) is 90.2 cm³/mol. The van der Waals surface area contributed by atoms with E-state index >= 15 is 0 Å². The third kappa shape index (κ3) is 5.11. The molecule has 0 aliphatic heterocycles. The summed E-state index contributed by atoms with van der Waals surface area (Å²) < 4.78 is 9.41. The molecule has 0 fully saturated rings. The van der Waals surface area contributed by atoms with Crippen LogP contribution in [0.4, 0.5) is 0 Å². The highest BCUT2D eigenvalue weighted by Gasteiger charge is 2.15. The molecule has 0 heterocycles. The Morgan fingerprint density at radius 3 is 1.54 bits per heavy atom. The number of nitrogens with zero attached hydrogens (tertiary/aromatic N) is 2. The summed E-state index contributed by atoms with van der Waals surface area (Å²) in [7, 11) is 0. The molecule has 0 saturated carbocycles. The molecule has 26 heavy (non-hydrogen) atoms. The van der Waals surface area contributed by atoms with E-state index in [-0.39, 0.29) is 47.0 Å². The Kier molecular flexibility index (Phi) is 7.40. The highest BCUT2D eigenvalue weighted by Crippen LogP contribution is 2.30. The average Bonchev–Trinajstić information content (AvgIpc) is 2.60. The van der Waals surface area contributed by atoms with Crippen molar-refractivity contribution in [3.05, 3.63) is 34.4 Å². The Morgan fingerprint density at radius 2 is 1.27 bits per heavy atom. The number of esters is 2. The van der Waals surface area contributed by atoms with Crippen molar-refractivity contribution in [1.29, 1.82) is 10.5 Å². The van der Waals surface area contributed by atoms with Gasteiger partial charge in [0.25, 0.3) is 0 Å². The van der Waals surface area contributed by atoms with Crippen LogP contribution in [0.25, 0.3) is 12.2 Å². The van der Waals surface area contributed by atoms with Gasteiger partial charge in [0.05, 0.1) is 13.2 Å². The van der Waals surface area contributed by atoms with Crippen LogP contribution in [-0.2, 0) is 19.1 Å². The number of hydrogen-bond donors (Lipinski definition) is 2. The molecule has 0 aliphatic rings. The van der Waals surface area contributed by atoms with Gasteiger partial charge in [-0.15, -0.1) is 0 Å². The Bertz CT molecular complexity index is 784. The first-order valence-electron chi connectivity index (χ1n) is 7.51. The molecule has 8 heteroatoms. The molecule has 0 amide bonds. The summed E-state index contributed by atoms with van der Waals surface area (Å²) in [4.78, 5) is 23.2. The highest BCUT2D eigenvalue weighted by atomic mass is 16.5. The van der Waals surface area contributed by atoms with Crippen molar-refractivity contribution in [2.75, 3.05) is 13.2 Å². The van der Waals surface area contributed by atoms with Gasteiger partial charge >= 0.3 is 11.9 Å². The largest absolute Gasteiger partial charge is 0.507 e. The smallest absolute Gasteiger partial charge is 0.348 e. The van der Waals surface area contributed by atoms with Crippen molar-refractivity contribution in [3.8, 4) is 23.6 Å². The summed E-state index contributed by atoms with van der Waals surface area (Å²) in [6.45, 7) is 3.30. The first-order chi connectivity index (χ1) is 12.4. The average molecular weight is 356 g/mol. The van der Waals surface area contributed by atoms with Gasteiger partial charge in [0, 0.05) is 11.1 Å². The number of carbonyl (C=O) groups is 2. The van der Waals surface area contributed by atoms with Crippen LogP contribution >= 0.6 is 0 Å². The minimum atomic E-state index is -0.869. The number of carbonyl (C=O) groups excluding carboxylic acids is 2. The van der Waals surface area contributed by atoms with Gasteiger partial charge in [0.2, 0.25) is 0 Å². The molecule has 0 radical (unpaired) electrons. The van der Waals surface area contributed by atoms with Gasteiger partial charge in [-0.3, -0.25) is 0 Å². The molecular weight excluding hydrogens is 340 g/mol. The van der Waals surface area contributed by atoms with Crippen molar-refractivity contribution in [2.45, 2.75) is 13.8 Å². The first kappa shape index (κ1) is 20.3.